The number of carbonyl (C=O) groups excluding carboxylic acids is 3. The first-order valence-electron chi connectivity index (χ1n) is 7.40. The van der Waals surface area contributed by atoms with E-state index in [4.69, 9.17) is 0 Å². The predicted molar refractivity (Wildman–Crippen MR) is 84.0 cm³/mol. The standard InChI is InChI=1S/C16H17BrN2O3/c17-13-4-2-1-3-12(13)11-8-19(9-11)15(21)7-10-5-6-14(20)18-16(10)22/h1-4,10-11H,5-9H2,(H,18,20,22). The van der Waals surface area contributed by atoms with Crippen molar-refractivity contribution in [2.75, 3.05) is 13.1 Å². The average Bonchev–Trinajstić information content (AvgIpc) is 2.42. The van der Waals surface area contributed by atoms with Gasteiger partial charge in [0, 0.05) is 42.2 Å². The largest absolute Gasteiger partial charge is 0.341 e. The van der Waals surface area contributed by atoms with Gasteiger partial charge in [-0.25, -0.2) is 0 Å². The molecule has 6 heteroatoms. The van der Waals surface area contributed by atoms with Crippen LogP contribution in [0.2, 0.25) is 0 Å². The Morgan fingerprint density at radius 2 is 2.00 bits per heavy atom. The molecule has 1 aromatic rings. The molecule has 5 nitrogen and oxygen atoms in total. The van der Waals surface area contributed by atoms with Crippen LogP contribution >= 0.6 is 15.9 Å². The van der Waals surface area contributed by atoms with Gasteiger partial charge in [0.1, 0.15) is 0 Å². The van der Waals surface area contributed by atoms with Crippen molar-refractivity contribution in [1.29, 1.82) is 0 Å². The molecule has 0 aliphatic carbocycles. The van der Waals surface area contributed by atoms with Crippen LogP contribution in [0.3, 0.4) is 0 Å². The number of piperidine rings is 1. The lowest BCUT2D eigenvalue weighted by Gasteiger charge is -2.40. The highest BCUT2D eigenvalue weighted by molar-refractivity contribution is 9.10. The van der Waals surface area contributed by atoms with Gasteiger partial charge in [-0.15, -0.1) is 0 Å². The Morgan fingerprint density at radius 1 is 1.27 bits per heavy atom. The van der Waals surface area contributed by atoms with Gasteiger partial charge in [-0.05, 0) is 18.1 Å². The van der Waals surface area contributed by atoms with E-state index >= 15 is 0 Å². The number of rotatable bonds is 3. The molecule has 2 aliphatic rings. The van der Waals surface area contributed by atoms with Crippen molar-refractivity contribution in [2.24, 2.45) is 5.92 Å². The Morgan fingerprint density at radius 3 is 2.68 bits per heavy atom. The third kappa shape index (κ3) is 3.06. The van der Waals surface area contributed by atoms with Crippen LogP contribution < -0.4 is 5.32 Å². The minimum atomic E-state index is -0.368. The minimum Gasteiger partial charge on any atom is -0.341 e. The summed E-state index contributed by atoms with van der Waals surface area (Å²) in [5.41, 5.74) is 1.22. The Kier molecular flexibility index (Phi) is 4.29. The molecule has 2 aliphatic heterocycles. The topological polar surface area (TPSA) is 66.5 Å². The second kappa shape index (κ2) is 6.20. The number of hydrogen-bond acceptors (Lipinski definition) is 3. The fourth-order valence-corrected chi connectivity index (χ4v) is 3.57. The van der Waals surface area contributed by atoms with Gasteiger partial charge < -0.3 is 4.90 Å². The molecular formula is C16H17BrN2O3. The van der Waals surface area contributed by atoms with E-state index < -0.39 is 0 Å². The summed E-state index contributed by atoms with van der Waals surface area (Å²) in [6, 6.07) is 8.03. The first-order valence-corrected chi connectivity index (χ1v) is 8.20. The van der Waals surface area contributed by atoms with Crippen molar-refractivity contribution >= 4 is 33.7 Å². The molecule has 1 N–H and O–H groups in total. The maximum atomic E-state index is 12.2. The number of hydrogen-bond donors (Lipinski definition) is 1. The second-order valence-corrected chi connectivity index (χ2v) is 6.72. The number of likely N-dealkylation sites (tertiary alicyclic amines) is 1. The molecule has 0 bridgehead atoms. The molecule has 0 aromatic heterocycles. The number of nitrogens with one attached hydrogen (secondary N) is 1. The first kappa shape index (κ1) is 15.2. The highest BCUT2D eigenvalue weighted by Crippen LogP contribution is 2.33. The van der Waals surface area contributed by atoms with Crippen LogP contribution in [0.25, 0.3) is 0 Å². The van der Waals surface area contributed by atoms with E-state index in [1.54, 1.807) is 4.90 Å². The zero-order valence-electron chi connectivity index (χ0n) is 12.0. The van der Waals surface area contributed by atoms with E-state index in [-0.39, 0.29) is 30.1 Å². The summed E-state index contributed by atoms with van der Waals surface area (Å²) in [6.45, 7) is 1.38. The molecule has 116 valence electrons. The maximum absolute atomic E-state index is 12.2. The SMILES string of the molecule is O=C1CCC(CC(=O)N2CC(c3ccccc3Br)C2)C(=O)N1. The third-order valence-corrected chi connectivity index (χ3v) is 5.08. The van der Waals surface area contributed by atoms with Crippen molar-refractivity contribution in [3.63, 3.8) is 0 Å². The van der Waals surface area contributed by atoms with Gasteiger partial charge in [-0.3, -0.25) is 19.7 Å². The lowest BCUT2D eigenvalue weighted by atomic mass is 9.89. The highest BCUT2D eigenvalue weighted by atomic mass is 79.9. The second-order valence-electron chi connectivity index (χ2n) is 5.87. The van der Waals surface area contributed by atoms with Crippen LogP contribution in [-0.4, -0.2) is 35.7 Å². The summed E-state index contributed by atoms with van der Waals surface area (Å²) in [4.78, 5) is 36.8. The monoisotopic (exact) mass is 364 g/mol. The van der Waals surface area contributed by atoms with Gasteiger partial charge in [0.25, 0.3) is 0 Å². The first-order chi connectivity index (χ1) is 10.5. The summed E-state index contributed by atoms with van der Waals surface area (Å²) in [7, 11) is 0. The van der Waals surface area contributed by atoms with Gasteiger partial charge >= 0.3 is 0 Å². The van der Waals surface area contributed by atoms with E-state index in [0.717, 1.165) is 4.47 Å². The molecule has 0 saturated carbocycles. The van der Waals surface area contributed by atoms with Gasteiger partial charge in [0.15, 0.2) is 0 Å². The molecule has 1 unspecified atom stereocenters. The fourth-order valence-electron chi connectivity index (χ4n) is 2.96. The lowest BCUT2D eigenvalue weighted by Crippen LogP contribution is -2.50. The predicted octanol–water partition coefficient (Wildman–Crippen LogP) is 1.82. The van der Waals surface area contributed by atoms with Crippen LogP contribution in [0, 0.1) is 5.92 Å². The average molecular weight is 365 g/mol. The molecule has 3 amide bonds. The van der Waals surface area contributed by atoms with Gasteiger partial charge in [-0.2, -0.15) is 0 Å². The van der Waals surface area contributed by atoms with E-state index in [1.165, 1.54) is 5.56 Å². The van der Waals surface area contributed by atoms with E-state index in [2.05, 4.69) is 27.3 Å². The molecule has 3 rings (SSSR count). The molecule has 1 aromatic carbocycles. The Hall–Kier alpha value is -1.69. The summed E-state index contributed by atoms with van der Waals surface area (Å²) in [6.07, 6.45) is 0.989. The van der Waals surface area contributed by atoms with Crippen LogP contribution in [0.4, 0.5) is 0 Å². The molecule has 22 heavy (non-hydrogen) atoms. The van der Waals surface area contributed by atoms with Crippen molar-refractivity contribution in [3.05, 3.63) is 34.3 Å². The van der Waals surface area contributed by atoms with Crippen LogP contribution in [-0.2, 0) is 14.4 Å². The summed E-state index contributed by atoms with van der Waals surface area (Å²) in [5, 5.41) is 2.30. The maximum Gasteiger partial charge on any atom is 0.230 e. The number of amides is 3. The van der Waals surface area contributed by atoms with E-state index in [9.17, 15) is 14.4 Å². The summed E-state index contributed by atoms with van der Waals surface area (Å²) >= 11 is 3.53. The van der Waals surface area contributed by atoms with E-state index in [0.29, 0.717) is 31.8 Å². The number of carbonyl (C=O) groups is 3. The van der Waals surface area contributed by atoms with Gasteiger partial charge in [0.2, 0.25) is 17.7 Å². The summed E-state index contributed by atoms with van der Waals surface area (Å²) < 4.78 is 1.07. The fraction of sp³-hybridized carbons (Fsp3) is 0.438. The minimum absolute atomic E-state index is 0.00203. The molecule has 2 fully saturated rings. The molecule has 1 atom stereocenters. The third-order valence-electron chi connectivity index (χ3n) is 4.35. The molecule has 2 saturated heterocycles. The van der Waals surface area contributed by atoms with Crippen molar-refractivity contribution in [1.82, 2.24) is 10.2 Å². The Labute approximate surface area is 137 Å². The smallest absolute Gasteiger partial charge is 0.230 e. The molecular weight excluding hydrogens is 348 g/mol. The molecule has 0 spiro atoms. The van der Waals surface area contributed by atoms with Crippen molar-refractivity contribution in [3.8, 4) is 0 Å². The molecule has 0 radical (unpaired) electrons. The Balaban J connectivity index is 1.52. The van der Waals surface area contributed by atoms with Gasteiger partial charge in [0.05, 0.1) is 0 Å². The van der Waals surface area contributed by atoms with Gasteiger partial charge in [-0.1, -0.05) is 34.1 Å². The number of halogens is 1. The number of benzene rings is 1. The van der Waals surface area contributed by atoms with E-state index in [1.807, 2.05) is 18.2 Å². The van der Waals surface area contributed by atoms with Crippen LogP contribution in [0.5, 0.6) is 0 Å². The zero-order valence-corrected chi connectivity index (χ0v) is 13.6. The normalized spacial score (nSPS) is 22.2. The van der Waals surface area contributed by atoms with Crippen molar-refractivity contribution in [2.45, 2.75) is 25.2 Å². The number of nitrogens with zero attached hydrogens (tertiary/aromatic N) is 1. The highest BCUT2D eigenvalue weighted by Gasteiger charge is 2.35. The molecule has 2 heterocycles. The Bertz CT molecular complexity index is 626. The lowest BCUT2D eigenvalue weighted by molar-refractivity contribution is -0.143. The summed E-state index contributed by atoms with van der Waals surface area (Å²) in [5.74, 6) is -0.578. The quantitative estimate of drug-likeness (QED) is 0.831. The van der Waals surface area contributed by atoms with Crippen molar-refractivity contribution < 1.29 is 14.4 Å². The number of imide groups is 1. The zero-order chi connectivity index (χ0) is 15.7. The van der Waals surface area contributed by atoms with Crippen LogP contribution in [0.1, 0.15) is 30.7 Å². The van der Waals surface area contributed by atoms with Crippen LogP contribution in [0.15, 0.2) is 28.7 Å².